The van der Waals surface area contributed by atoms with Crippen LogP contribution < -0.4 is 0 Å². The van der Waals surface area contributed by atoms with Crippen molar-refractivity contribution in [3.63, 3.8) is 0 Å². The standard InChI is InChI=1S/C6H10N2O2S/c1-8-5(10)4-11-6(8)7-2-3-9/h9H,2-4H2,1H3. The predicted octanol–water partition coefficient (Wildman–Crippen LogP) is -0.460. The van der Waals surface area contributed by atoms with Crippen molar-refractivity contribution in [2.24, 2.45) is 4.99 Å². The molecule has 1 fully saturated rings. The Hall–Kier alpha value is -0.550. The van der Waals surface area contributed by atoms with Crippen LogP contribution in [0.15, 0.2) is 4.99 Å². The van der Waals surface area contributed by atoms with Gasteiger partial charge in [0.25, 0.3) is 0 Å². The van der Waals surface area contributed by atoms with Gasteiger partial charge in [-0.05, 0) is 0 Å². The first-order valence-corrected chi connectivity index (χ1v) is 4.29. The maximum Gasteiger partial charge on any atom is 0.238 e. The highest BCUT2D eigenvalue weighted by Gasteiger charge is 2.23. The molecule has 0 aromatic carbocycles. The number of amidine groups is 1. The lowest BCUT2D eigenvalue weighted by atomic mass is 10.6. The summed E-state index contributed by atoms with van der Waals surface area (Å²) < 4.78 is 0. The van der Waals surface area contributed by atoms with Crippen molar-refractivity contribution in [3.05, 3.63) is 0 Å². The second kappa shape index (κ2) is 3.73. The molecule has 0 aromatic rings. The van der Waals surface area contributed by atoms with Crippen LogP contribution >= 0.6 is 11.8 Å². The third-order valence-corrected chi connectivity index (χ3v) is 2.39. The topological polar surface area (TPSA) is 52.9 Å². The van der Waals surface area contributed by atoms with E-state index < -0.39 is 0 Å². The van der Waals surface area contributed by atoms with Gasteiger partial charge in [0, 0.05) is 7.05 Å². The Morgan fingerprint density at radius 3 is 3.00 bits per heavy atom. The third kappa shape index (κ3) is 1.94. The van der Waals surface area contributed by atoms with Crippen molar-refractivity contribution >= 4 is 22.8 Å². The Morgan fingerprint density at radius 1 is 1.82 bits per heavy atom. The largest absolute Gasteiger partial charge is 0.394 e. The van der Waals surface area contributed by atoms with Crippen molar-refractivity contribution in [1.29, 1.82) is 0 Å². The first kappa shape index (κ1) is 8.55. The van der Waals surface area contributed by atoms with E-state index in [9.17, 15) is 4.79 Å². The number of aliphatic hydroxyl groups is 1. The van der Waals surface area contributed by atoms with Gasteiger partial charge in [0.15, 0.2) is 5.17 Å². The quantitative estimate of drug-likeness (QED) is 0.616. The number of aliphatic imine (C=N–C) groups is 1. The maximum absolute atomic E-state index is 10.9. The van der Waals surface area contributed by atoms with E-state index in [-0.39, 0.29) is 12.5 Å². The molecule has 5 heteroatoms. The van der Waals surface area contributed by atoms with Crippen molar-refractivity contribution in [3.8, 4) is 0 Å². The van der Waals surface area contributed by atoms with Crippen molar-refractivity contribution < 1.29 is 9.90 Å². The molecule has 0 atom stereocenters. The summed E-state index contributed by atoms with van der Waals surface area (Å²) in [5.74, 6) is 0.549. The number of aliphatic hydroxyl groups excluding tert-OH is 1. The molecule has 0 saturated carbocycles. The summed E-state index contributed by atoms with van der Waals surface area (Å²) >= 11 is 1.41. The van der Waals surface area contributed by atoms with E-state index in [0.717, 1.165) is 0 Å². The normalized spacial score (nSPS) is 21.8. The van der Waals surface area contributed by atoms with Crippen LogP contribution in [0.2, 0.25) is 0 Å². The molecule has 0 aromatic heterocycles. The minimum Gasteiger partial charge on any atom is -0.394 e. The number of carbonyl (C=O) groups excluding carboxylic acids is 1. The van der Waals surface area contributed by atoms with Crippen molar-refractivity contribution in [2.45, 2.75) is 0 Å². The molecule has 0 radical (unpaired) electrons. The second-order valence-electron chi connectivity index (χ2n) is 2.13. The molecule has 0 spiro atoms. The first-order valence-electron chi connectivity index (χ1n) is 3.30. The van der Waals surface area contributed by atoms with E-state index >= 15 is 0 Å². The number of hydrogen-bond donors (Lipinski definition) is 1. The van der Waals surface area contributed by atoms with Gasteiger partial charge in [0.1, 0.15) is 0 Å². The summed E-state index contributed by atoms with van der Waals surface area (Å²) in [6, 6.07) is 0. The molecule has 11 heavy (non-hydrogen) atoms. The number of rotatable bonds is 2. The highest BCUT2D eigenvalue weighted by atomic mass is 32.2. The molecule has 1 aliphatic rings. The summed E-state index contributed by atoms with van der Waals surface area (Å²) in [5, 5.41) is 9.17. The number of thioether (sulfide) groups is 1. The van der Waals surface area contributed by atoms with Gasteiger partial charge in [-0.1, -0.05) is 11.8 Å². The van der Waals surface area contributed by atoms with E-state index in [4.69, 9.17) is 5.11 Å². The minimum absolute atomic E-state index is 0.0338. The molecule has 0 aliphatic carbocycles. The highest BCUT2D eigenvalue weighted by molar-refractivity contribution is 8.15. The summed E-state index contributed by atoms with van der Waals surface area (Å²) in [5.41, 5.74) is 0. The summed E-state index contributed by atoms with van der Waals surface area (Å²) in [6.07, 6.45) is 0. The first-order chi connectivity index (χ1) is 5.25. The van der Waals surface area contributed by atoms with Gasteiger partial charge in [-0.2, -0.15) is 0 Å². The van der Waals surface area contributed by atoms with Crippen molar-refractivity contribution in [2.75, 3.05) is 26.0 Å². The van der Waals surface area contributed by atoms with E-state index in [1.807, 2.05) is 0 Å². The molecule has 0 unspecified atom stereocenters. The average Bonchev–Trinajstić information content (AvgIpc) is 2.31. The molecule has 0 bridgehead atoms. The monoisotopic (exact) mass is 174 g/mol. The van der Waals surface area contributed by atoms with Gasteiger partial charge in [-0.3, -0.25) is 14.7 Å². The third-order valence-electron chi connectivity index (χ3n) is 1.33. The zero-order chi connectivity index (χ0) is 8.27. The van der Waals surface area contributed by atoms with Gasteiger partial charge in [0.05, 0.1) is 18.9 Å². The smallest absolute Gasteiger partial charge is 0.238 e. The fraction of sp³-hybridized carbons (Fsp3) is 0.667. The molecule has 1 amide bonds. The van der Waals surface area contributed by atoms with E-state index in [0.29, 0.717) is 17.5 Å². The zero-order valence-electron chi connectivity index (χ0n) is 6.28. The van der Waals surface area contributed by atoms with Crippen LogP contribution in [0.5, 0.6) is 0 Å². The number of hydrogen-bond acceptors (Lipinski definition) is 4. The number of nitrogens with zero attached hydrogens (tertiary/aromatic N) is 2. The molecule has 1 saturated heterocycles. The Balaban J connectivity index is 2.54. The minimum atomic E-state index is 0.0338. The summed E-state index contributed by atoms with van der Waals surface area (Å²) in [4.78, 5) is 16.4. The van der Waals surface area contributed by atoms with Crippen molar-refractivity contribution in [1.82, 2.24) is 4.90 Å². The highest BCUT2D eigenvalue weighted by Crippen LogP contribution is 2.16. The van der Waals surface area contributed by atoms with Crippen LogP contribution in [0.3, 0.4) is 0 Å². The van der Waals surface area contributed by atoms with Crippen LogP contribution in [-0.4, -0.2) is 47.0 Å². The lowest BCUT2D eigenvalue weighted by Gasteiger charge is -2.06. The lowest BCUT2D eigenvalue weighted by molar-refractivity contribution is -0.123. The molecule has 4 nitrogen and oxygen atoms in total. The van der Waals surface area contributed by atoms with Crippen LogP contribution in [-0.2, 0) is 4.79 Å². The van der Waals surface area contributed by atoms with E-state index in [1.165, 1.54) is 16.7 Å². The van der Waals surface area contributed by atoms with Crippen LogP contribution in [0.4, 0.5) is 0 Å². The molecular formula is C6H10N2O2S. The lowest BCUT2D eigenvalue weighted by Crippen LogP contribution is -2.24. The molecule has 1 heterocycles. The SMILES string of the molecule is CN1C(=O)CSC1=NCCO. The fourth-order valence-corrected chi connectivity index (χ4v) is 1.65. The van der Waals surface area contributed by atoms with Gasteiger partial charge < -0.3 is 5.11 Å². The van der Waals surface area contributed by atoms with Gasteiger partial charge in [-0.15, -0.1) is 0 Å². The van der Waals surface area contributed by atoms with E-state index in [2.05, 4.69) is 4.99 Å². The molecule has 1 rings (SSSR count). The van der Waals surface area contributed by atoms with E-state index in [1.54, 1.807) is 7.05 Å². The molecule has 1 aliphatic heterocycles. The Bertz CT molecular complexity index is 193. The second-order valence-corrected chi connectivity index (χ2v) is 3.07. The van der Waals surface area contributed by atoms with Gasteiger partial charge in [-0.25, -0.2) is 0 Å². The van der Waals surface area contributed by atoms with Gasteiger partial charge >= 0.3 is 0 Å². The maximum atomic E-state index is 10.9. The average molecular weight is 174 g/mol. The molecular weight excluding hydrogens is 164 g/mol. The van der Waals surface area contributed by atoms with Crippen LogP contribution in [0, 0.1) is 0 Å². The Morgan fingerprint density at radius 2 is 2.55 bits per heavy atom. The zero-order valence-corrected chi connectivity index (χ0v) is 7.10. The number of amides is 1. The van der Waals surface area contributed by atoms with Gasteiger partial charge in [0.2, 0.25) is 5.91 Å². The van der Waals surface area contributed by atoms with Crippen LogP contribution in [0.1, 0.15) is 0 Å². The summed E-state index contributed by atoms with van der Waals surface area (Å²) in [6.45, 7) is 0.409. The van der Waals surface area contributed by atoms with Crippen LogP contribution in [0.25, 0.3) is 0 Å². The molecule has 1 N–H and O–H groups in total. The summed E-state index contributed by atoms with van der Waals surface area (Å²) in [7, 11) is 1.69. The predicted molar refractivity (Wildman–Crippen MR) is 44.6 cm³/mol. The number of carbonyl (C=O) groups is 1. The fourth-order valence-electron chi connectivity index (χ4n) is 0.724. The Labute approximate surface area is 69.3 Å². The molecule has 62 valence electrons. The Kier molecular flexibility index (Phi) is 2.90.